The summed E-state index contributed by atoms with van der Waals surface area (Å²) < 4.78 is 62.1. The van der Waals surface area contributed by atoms with Crippen molar-refractivity contribution in [2.75, 3.05) is 6.61 Å². The maximum atomic E-state index is 13.7. The van der Waals surface area contributed by atoms with Crippen molar-refractivity contribution in [3.63, 3.8) is 0 Å². The molecule has 3 aromatic carbocycles. The van der Waals surface area contributed by atoms with Gasteiger partial charge in [0.1, 0.15) is 22.8 Å². The number of esters is 1. The van der Waals surface area contributed by atoms with Gasteiger partial charge in [-0.2, -0.15) is 13.2 Å². The van der Waals surface area contributed by atoms with Crippen molar-refractivity contribution in [1.82, 2.24) is 0 Å². The molecular formula is C26H18ClF3O6. The van der Waals surface area contributed by atoms with E-state index in [4.69, 9.17) is 30.2 Å². The van der Waals surface area contributed by atoms with Gasteiger partial charge in [-0.25, -0.2) is 4.79 Å². The van der Waals surface area contributed by atoms with E-state index in [1.54, 1.807) is 18.2 Å². The third-order valence-electron chi connectivity index (χ3n) is 4.91. The number of alkyl halides is 3. The Balaban J connectivity index is 1.62. The van der Waals surface area contributed by atoms with E-state index in [1.807, 2.05) is 19.9 Å². The Morgan fingerprint density at radius 3 is 2.33 bits per heavy atom. The fraction of sp³-hybridized carbons (Fsp3) is 0.154. The molecular weight excluding hydrogens is 501 g/mol. The van der Waals surface area contributed by atoms with Gasteiger partial charge < -0.3 is 18.6 Å². The van der Waals surface area contributed by atoms with Crippen LogP contribution in [0.25, 0.3) is 11.0 Å². The Kier molecular flexibility index (Phi) is 6.94. The van der Waals surface area contributed by atoms with Gasteiger partial charge in [-0.05, 0) is 61.4 Å². The second-order valence-electron chi connectivity index (χ2n) is 7.86. The molecule has 0 radical (unpaired) electrons. The standard InChI is InChI=1S/C26H18ClF3O6/c1-14-9-15(2)11-17(10-14)33-13-22(31)34-16-7-8-18-21(12-16)36-25(26(28,29)30)24(23(18)32)35-20-6-4-3-5-19(20)27/h3-12H,13H2,1-2H3. The predicted molar refractivity (Wildman–Crippen MR) is 126 cm³/mol. The molecule has 0 aliphatic carbocycles. The first kappa shape index (κ1) is 25.1. The van der Waals surface area contributed by atoms with Crippen LogP contribution in [-0.4, -0.2) is 12.6 Å². The van der Waals surface area contributed by atoms with Crippen molar-refractivity contribution >= 4 is 28.5 Å². The minimum Gasteiger partial charge on any atom is -0.482 e. The van der Waals surface area contributed by atoms with Gasteiger partial charge in [0.05, 0.1) is 10.4 Å². The van der Waals surface area contributed by atoms with Gasteiger partial charge in [0.2, 0.25) is 11.2 Å². The summed E-state index contributed by atoms with van der Waals surface area (Å²) in [6.45, 7) is 3.31. The molecule has 186 valence electrons. The highest BCUT2D eigenvalue weighted by Crippen LogP contribution is 2.39. The van der Waals surface area contributed by atoms with Crippen LogP contribution in [0.4, 0.5) is 13.2 Å². The average molecular weight is 519 g/mol. The van der Waals surface area contributed by atoms with Crippen LogP contribution in [0.15, 0.2) is 69.9 Å². The second kappa shape index (κ2) is 9.94. The molecule has 0 spiro atoms. The lowest BCUT2D eigenvalue weighted by Gasteiger charge is -2.14. The number of rotatable bonds is 6. The summed E-state index contributed by atoms with van der Waals surface area (Å²) in [6.07, 6.45) is -5.06. The summed E-state index contributed by atoms with van der Waals surface area (Å²) in [5.41, 5.74) is 0.376. The minimum atomic E-state index is -5.06. The van der Waals surface area contributed by atoms with E-state index in [2.05, 4.69) is 0 Å². The van der Waals surface area contributed by atoms with Crippen LogP contribution in [0.2, 0.25) is 5.02 Å². The Morgan fingerprint density at radius 2 is 1.67 bits per heavy atom. The highest BCUT2D eigenvalue weighted by molar-refractivity contribution is 6.32. The third-order valence-corrected chi connectivity index (χ3v) is 5.22. The largest absolute Gasteiger partial charge is 0.482 e. The van der Waals surface area contributed by atoms with Crippen molar-refractivity contribution in [1.29, 1.82) is 0 Å². The minimum absolute atomic E-state index is 0.00965. The zero-order valence-corrected chi connectivity index (χ0v) is 19.7. The van der Waals surface area contributed by atoms with E-state index in [0.29, 0.717) is 5.75 Å². The van der Waals surface area contributed by atoms with Crippen molar-refractivity contribution in [2.45, 2.75) is 20.0 Å². The number of para-hydroxylation sites is 1. The SMILES string of the molecule is Cc1cc(C)cc(OCC(=O)Oc2ccc3c(=O)c(Oc4ccccc4Cl)c(C(F)(F)F)oc3c2)c1. The first-order valence-electron chi connectivity index (χ1n) is 10.5. The number of carbonyl (C=O) groups excluding carboxylic acids is 1. The number of carbonyl (C=O) groups is 1. The normalized spacial score (nSPS) is 11.4. The molecule has 0 fully saturated rings. The molecule has 4 aromatic rings. The number of ether oxygens (including phenoxy) is 3. The molecule has 0 amide bonds. The molecule has 0 saturated carbocycles. The Labute approximate surface area is 207 Å². The molecule has 0 saturated heterocycles. The maximum Gasteiger partial charge on any atom is 0.453 e. The van der Waals surface area contributed by atoms with Crippen LogP contribution in [0.3, 0.4) is 0 Å². The average Bonchev–Trinajstić information content (AvgIpc) is 2.79. The number of hydrogen-bond donors (Lipinski definition) is 0. The van der Waals surface area contributed by atoms with Crippen molar-refractivity contribution in [3.8, 4) is 23.0 Å². The lowest BCUT2D eigenvalue weighted by atomic mass is 10.1. The molecule has 0 atom stereocenters. The number of fused-ring (bicyclic) bond motifs is 1. The quantitative estimate of drug-likeness (QED) is 0.205. The van der Waals surface area contributed by atoms with Crippen LogP contribution >= 0.6 is 11.6 Å². The lowest BCUT2D eigenvalue weighted by Crippen LogP contribution is -2.18. The van der Waals surface area contributed by atoms with E-state index < -0.39 is 41.3 Å². The van der Waals surface area contributed by atoms with E-state index in [9.17, 15) is 22.8 Å². The molecule has 6 nitrogen and oxygen atoms in total. The number of halogens is 4. The van der Waals surface area contributed by atoms with Crippen LogP contribution in [0.1, 0.15) is 16.9 Å². The summed E-state index contributed by atoms with van der Waals surface area (Å²) in [5, 5.41) is -0.202. The molecule has 10 heteroatoms. The van der Waals surface area contributed by atoms with Crippen molar-refractivity contribution in [3.05, 3.63) is 92.8 Å². The van der Waals surface area contributed by atoms with E-state index in [0.717, 1.165) is 17.2 Å². The fourth-order valence-electron chi connectivity index (χ4n) is 3.46. The highest BCUT2D eigenvalue weighted by Gasteiger charge is 2.40. The summed E-state index contributed by atoms with van der Waals surface area (Å²) in [4.78, 5) is 25.1. The van der Waals surface area contributed by atoms with E-state index >= 15 is 0 Å². The molecule has 36 heavy (non-hydrogen) atoms. The Morgan fingerprint density at radius 1 is 0.972 bits per heavy atom. The summed E-state index contributed by atoms with van der Waals surface area (Å²) >= 11 is 5.96. The van der Waals surface area contributed by atoms with E-state index in [1.165, 1.54) is 30.3 Å². The molecule has 0 aliphatic heterocycles. The molecule has 0 unspecified atom stereocenters. The van der Waals surface area contributed by atoms with Crippen LogP contribution < -0.4 is 19.6 Å². The molecule has 4 rings (SSSR count). The van der Waals surface area contributed by atoms with E-state index in [-0.39, 0.29) is 21.9 Å². The third kappa shape index (κ3) is 5.63. The first-order chi connectivity index (χ1) is 17.0. The van der Waals surface area contributed by atoms with Gasteiger partial charge in [0.25, 0.3) is 5.76 Å². The number of hydrogen-bond acceptors (Lipinski definition) is 6. The Bertz CT molecular complexity index is 1490. The monoisotopic (exact) mass is 518 g/mol. The van der Waals surface area contributed by atoms with Gasteiger partial charge in [-0.15, -0.1) is 0 Å². The maximum absolute atomic E-state index is 13.7. The zero-order valence-electron chi connectivity index (χ0n) is 18.9. The van der Waals surface area contributed by atoms with Gasteiger partial charge in [-0.3, -0.25) is 4.79 Å². The van der Waals surface area contributed by atoms with Gasteiger partial charge in [0.15, 0.2) is 6.61 Å². The predicted octanol–water partition coefficient (Wildman–Crippen LogP) is 6.86. The van der Waals surface area contributed by atoms with Crippen molar-refractivity contribution in [2.24, 2.45) is 0 Å². The molecule has 1 heterocycles. The number of aryl methyl sites for hydroxylation is 2. The molecule has 0 N–H and O–H groups in total. The zero-order chi connectivity index (χ0) is 26.0. The van der Waals surface area contributed by atoms with Crippen molar-refractivity contribution < 1.29 is 36.6 Å². The smallest absolute Gasteiger partial charge is 0.453 e. The lowest BCUT2D eigenvalue weighted by molar-refractivity contribution is -0.154. The molecule has 0 bridgehead atoms. The summed E-state index contributed by atoms with van der Waals surface area (Å²) in [5.74, 6) is -3.32. The van der Waals surface area contributed by atoms with Crippen LogP contribution in [0.5, 0.6) is 23.0 Å². The highest BCUT2D eigenvalue weighted by atomic mass is 35.5. The first-order valence-corrected chi connectivity index (χ1v) is 10.9. The Hall–Kier alpha value is -3.98. The van der Waals surface area contributed by atoms with Gasteiger partial charge in [-0.1, -0.05) is 29.8 Å². The fourth-order valence-corrected chi connectivity index (χ4v) is 3.63. The summed E-state index contributed by atoms with van der Waals surface area (Å²) in [6, 6.07) is 14.6. The second-order valence-corrected chi connectivity index (χ2v) is 8.27. The number of benzene rings is 3. The molecule has 1 aromatic heterocycles. The van der Waals surface area contributed by atoms with Crippen LogP contribution in [0, 0.1) is 13.8 Å². The van der Waals surface area contributed by atoms with Gasteiger partial charge >= 0.3 is 12.1 Å². The van der Waals surface area contributed by atoms with Gasteiger partial charge in [0, 0.05) is 6.07 Å². The summed E-state index contributed by atoms with van der Waals surface area (Å²) in [7, 11) is 0. The van der Waals surface area contributed by atoms with Crippen LogP contribution in [-0.2, 0) is 11.0 Å². The topological polar surface area (TPSA) is 75.0 Å². The molecule has 0 aliphatic rings.